The first-order chi connectivity index (χ1) is 21.4. The Balaban J connectivity index is 1.37. The van der Waals surface area contributed by atoms with E-state index in [1.807, 2.05) is 0 Å². The Bertz CT molecular complexity index is 1760. The summed E-state index contributed by atoms with van der Waals surface area (Å²) in [6, 6.07) is 4.95. The zero-order chi connectivity index (χ0) is 32.7. The van der Waals surface area contributed by atoms with Crippen molar-refractivity contribution in [2.24, 2.45) is 0 Å². The summed E-state index contributed by atoms with van der Waals surface area (Å²) < 4.78 is 1.23. The molecule has 0 saturated carbocycles. The number of nitrogen functional groups attached to an aromatic ring is 1. The molecule has 0 aliphatic carbocycles. The van der Waals surface area contributed by atoms with Crippen molar-refractivity contribution in [2.45, 2.75) is 38.4 Å². The van der Waals surface area contributed by atoms with Gasteiger partial charge in [-0.3, -0.25) is 19.7 Å². The summed E-state index contributed by atoms with van der Waals surface area (Å²) in [6.45, 7) is 0.278. The molecule has 2 amide bonds. The van der Waals surface area contributed by atoms with Crippen LogP contribution in [0.3, 0.4) is 0 Å². The second kappa shape index (κ2) is 13.8. The van der Waals surface area contributed by atoms with Gasteiger partial charge >= 0.3 is 17.9 Å². The number of amides is 2. The van der Waals surface area contributed by atoms with Crippen LogP contribution < -0.4 is 21.3 Å². The van der Waals surface area contributed by atoms with Crippen LogP contribution in [0.15, 0.2) is 42.9 Å². The number of nitrogens with one attached hydrogen (secondary N) is 2. The lowest BCUT2D eigenvalue weighted by atomic mass is 10.1. The number of fused-ring (bicyclic) bond motifs is 1. The Morgan fingerprint density at radius 2 is 1.82 bits per heavy atom. The van der Waals surface area contributed by atoms with Gasteiger partial charge in [-0.25, -0.2) is 19.3 Å². The van der Waals surface area contributed by atoms with Crippen LogP contribution in [-0.4, -0.2) is 81.5 Å². The van der Waals surface area contributed by atoms with Crippen molar-refractivity contribution in [2.75, 3.05) is 23.0 Å². The van der Waals surface area contributed by atoms with E-state index in [1.165, 1.54) is 35.3 Å². The normalized spacial score (nSPS) is 11.5. The maximum atomic E-state index is 12.5. The molecule has 1 aromatic carbocycles. The highest BCUT2D eigenvalue weighted by molar-refractivity contribution is 5.97. The standard InChI is InChI=1S/C26H27N11O8/c1-35(16-4-2-14(3-5-16)23(41)31-17(24(42)43)6-7-19(39)40)13-15-12-29-22-20(30-15)21(27)33-25(34-22)32-18(38)8-10-36-11-9-28-26(36)37(44)45/h2-5,9,11-12,17H,6-8,10,13H2,1H3,(H,31,41)(H,39,40)(H,42,43)(H3,27,29,32,33,34,38). The highest BCUT2D eigenvalue weighted by atomic mass is 16.6. The second-order valence-electron chi connectivity index (χ2n) is 9.64. The van der Waals surface area contributed by atoms with Gasteiger partial charge in [0.05, 0.1) is 31.4 Å². The number of imidazole rings is 1. The molecule has 0 radical (unpaired) electrons. The number of aromatic nitrogens is 6. The predicted octanol–water partition coefficient (Wildman–Crippen LogP) is 0.820. The molecule has 1 atom stereocenters. The van der Waals surface area contributed by atoms with E-state index in [-0.39, 0.29) is 60.4 Å². The molecule has 0 aliphatic rings. The molecule has 3 aromatic heterocycles. The van der Waals surface area contributed by atoms with Crippen molar-refractivity contribution < 1.29 is 34.3 Å². The average molecular weight is 622 g/mol. The van der Waals surface area contributed by atoms with Crippen molar-refractivity contribution in [3.05, 3.63) is 64.2 Å². The number of nitrogens with zero attached hydrogens (tertiary/aromatic N) is 8. The number of carbonyl (C=O) groups excluding carboxylic acids is 2. The lowest BCUT2D eigenvalue weighted by Crippen LogP contribution is -2.41. The average Bonchev–Trinajstić information content (AvgIpc) is 3.47. The Hall–Kier alpha value is -6.27. The number of carboxylic acid groups (broad SMARTS) is 2. The quantitative estimate of drug-likeness (QED) is 0.0962. The molecular formula is C26H27N11O8. The SMILES string of the molecule is CN(Cc1cnc2nc(NC(=O)CCn3ccnc3[N+](=O)[O-])nc(N)c2n1)c1ccc(C(=O)NC(CCC(=O)O)C(=O)O)cc1. The molecular weight excluding hydrogens is 594 g/mol. The number of rotatable bonds is 14. The molecule has 0 saturated heterocycles. The van der Waals surface area contributed by atoms with Gasteiger partial charge in [0, 0.05) is 24.7 Å². The van der Waals surface area contributed by atoms with Crippen LogP contribution in [0.2, 0.25) is 0 Å². The number of nitrogens with two attached hydrogens (primary N) is 1. The van der Waals surface area contributed by atoms with Gasteiger partial charge in [0.2, 0.25) is 11.9 Å². The van der Waals surface area contributed by atoms with E-state index in [4.69, 9.17) is 10.8 Å². The highest BCUT2D eigenvalue weighted by Crippen LogP contribution is 2.20. The molecule has 0 aliphatic heterocycles. The van der Waals surface area contributed by atoms with Gasteiger partial charge in [-0.1, -0.05) is 4.98 Å². The molecule has 19 nitrogen and oxygen atoms in total. The minimum atomic E-state index is -1.34. The van der Waals surface area contributed by atoms with Crippen LogP contribution in [0.25, 0.3) is 11.2 Å². The lowest BCUT2D eigenvalue weighted by Gasteiger charge is -2.19. The van der Waals surface area contributed by atoms with Crippen LogP contribution >= 0.6 is 0 Å². The fourth-order valence-electron chi connectivity index (χ4n) is 4.12. The molecule has 4 rings (SSSR count). The van der Waals surface area contributed by atoms with Gasteiger partial charge in [0.1, 0.15) is 18.4 Å². The summed E-state index contributed by atoms with van der Waals surface area (Å²) in [5.74, 6) is -4.18. The summed E-state index contributed by atoms with van der Waals surface area (Å²) in [6.07, 6.45) is 3.35. The first-order valence-corrected chi connectivity index (χ1v) is 13.2. The van der Waals surface area contributed by atoms with Crippen LogP contribution in [0, 0.1) is 10.1 Å². The topological polar surface area (TPSA) is 275 Å². The number of carbonyl (C=O) groups is 4. The van der Waals surface area contributed by atoms with E-state index >= 15 is 0 Å². The summed E-state index contributed by atoms with van der Waals surface area (Å²) >= 11 is 0. The zero-order valence-electron chi connectivity index (χ0n) is 23.7. The van der Waals surface area contributed by atoms with Crippen molar-refractivity contribution in [3.63, 3.8) is 0 Å². The molecule has 1 unspecified atom stereocenters. The Morgan fingerprint density at radius 3 is 2.49 bits per heavy atom. The number of benzene rings is 1. The number of aryl methyl sites for hydroxylation is 1. The molecule has 6 N–H and O–H groups in total. The minimum Gasteiger partial charge on any atom is -0.481 e. The van der Waals surface area contributed by atoms with Crippen molar-refractivity contribution >= 4 is 58.3 Å². The minimum absolute atomic E-state index is 0.0115. The van der Waals surface area contributed by atoms with E-state index in [9.17, 15) is 34.4 Å². The summed E-state index contributed by atoms with van der Waals surface area (Å²) in [5, 5.41) is 33.8. The zero-order valence-corrected chi connectivity index (χ0v) is 23.7. The third-order valence-corrected chi connectivity index (χ3v) is 6.39. The monoisotopic (exact) mass is 621 g/mol. The first kappa shape index (κ1) is 31.7. The number of hydrogen-bond acceptors (Lipinski definition) is 13. The number of hydrogen-bond donors (Lipinski definition) is 5. The van der Waals surface area contributed by atoms with Gasteiger partial charge in [-0.15, -0.1) is 0 Å². The first-order valence-electron chi connectivity index (χ1n) is 13.2. The summed E-state index contributed by atoms with van der Waals surface area (Å²) in [7, 11) is 1.77. The molecule has 0 spiro atoms. The Kier molecular flexibility index (Phi) is 9.71. The number of carboxylic acids is 2. The molecule has 19 heteroatoms. The number of aliphatic carboxylic acids is 2. The maximum absolute atomic E-state index is 12.5. The van der Waals surface area contributed by atoms with Crippen molar-refractivity contribution in [3.8, 4) is 0 Å². The fraction of sp³-hybridized carbons (Fsp3) is 0.269. The van der Waals surface area contributed by atoms with Crippen LogP contribution in [0.4, 0.5) is 23.4 Å². The third-order valence-electron chi connectivity index (χ3n) is 6.39. The molecule has 3 heterocycles. The maximum Gasteiger partial charge on any atom is 0.434 e. The number of anilines is 3. The molecule has 4 aromatic rings. The van der Waals surface area contributed by atoms with E-state index in [1.54, 1.807) is 24.1 Å². The molecule has 45 heavy (non-hydrogen) atoms. The fourth-order valence-corrected chi connectivity index (χ4v) is 4.12. The van der Waals surface area contributed by atoms with E-state index in [2.05, 4.69) is 35.6 Å². The van der Waals surface area contributed by atoms with Crippen LogP contribution in [0.1, 0.15) is 35.3 Å². The van der Waals surface area contributed by atoms with Gasteiger partial charge < -0.3 is 36.3 Å². The Morgan fingerprint density at radius 1 is 1.09 bits per heavy atom. The van der Waals surface area contributed by atoms with Crippen molar-refractivity contribution in [1.82, 2.24) is 34.8 Å². The van der Waals surface area contributed by atoms with E-state index in [0.717, 1.165) is 0 Å². The number of nitro groups is 1. The van der Waals surface area contributed by atoms with Gasteiger partial charge in [-0.05, 0) is 35.6 Å². The molecule has 0 fully saturated rings. The molecule has 0 bridgehead atoms. The summed E-state index contributed by atoms with van der Waals surface area (Å²) in [5.41, 5.74) is 7.79. The largest absolute Gasteiger partial charge is 0.481 e. The van der Waals surface area contributed by atoms with Gasteiger partial charge in [0.15, 0.2) is 17.0 Å². The molecule has 234 valence electrons. The van der Waals surface area contributed by atoms with E-state index in [0.29, 0.717) is 11.4 Å². The third kappa shape index (κ3) is 8.18. The Labute approximate surface area is 253 Å². The van der Waals surface area contributed by atoms with Gasteiger partial charge in [0.25, 0.3) is 5.91 Å². The second-order valence-corrected chi connectivity index (χ2v) is 9.64. The van der Waals surface area contributed by atoms with Gasteiger partial charge in [-0.2, -0.15) is 9.97 Å². The smallest absolute Gasteiger partial charge is 0.434 e. The predicted molar refractivity (Wildman–Crippen MR) is 156 cm³/mol. The van der Waals surface area contributed by atoms with E-state index < -0.39 is 41.1 Å². The highest BCUT2D eigenvalue weighted by Gasteiger charge is 2.22. The van der Waals surface area contributed by atoms with Crippen molar-refractivity contribution in [1.29, 1.82) is 0 Å². The van der Waals surface area contributed by atoms with Crippen LogP contribution in [-0.2, 0) is 27.5 Å². The van der Waals surface area contributed by atoms with Crippen LogP contribution in [0.5, 0.6) is 0 Å². The summed E-state index contributed by atoms with van der Waals surface area (Å²) in [4.78, 5) is 79.8. The lowest BCUT2D eigenvalue weighted by molar-refractivity contribution is -0.396.